The van der Waals surface area contributed by atoms with Crippen molar-refractivity contribution in [1.82, 2.24) is 4.90 Å². The van der Waals surface area contributed by atoms with Crippen molar-refractivity contribution in [1.29, 1.82) is 0 Å². The molecule has 0 aromatic heterocycles. The SMILES string of the molecule is CC1=CC=CC2C=CN(C)C(=O)C12. The second-order valence-electron chi connectivity index (χ2n) is 3.64. The monoisotopic (exact) mass is 175 g/mol. The van der Waals surface area contributed by atoms with E-state index in [9.17, 15) is 4.79 Å². The van der Waals surface area contributed by atoms with E-state index < -0.39 is 0 Å². The van der Waals surface area contributed by atoms with Crippen molar-refractivity contribution in [3.63, 3.8) is 0 Å². The van der Waals surface area contributed by atoms with Crippen LogP contribution in [0, 0.1) is 11.8 Å². The summed E-state index contributed by atoms with van der Waals surface area (Å²) in [6.45, 7) is 2.02. The molecule has 2 unspecified atom stereocenters. The van der Waals surface area contributed by atoms with Crippen LogP contribution in [-0.2, 0) is 4.79 Å². The van der Waals surface area contributed by atoms with Gasteiger partial charge in [-0.2, -0.15) is 0 Å². The Morgan fingerprint density at radius 1 is 1.38 bits per heavy atom. The van der Waals surface area contributed by atoms with E-state index in [4.69, 9.17) is 0 Å². The van der Waals surface area contributed by atoms with E-state index in [1.807, 2.05) is 25.3 Å². The molecule has 2 heteroatoms. The Hall–Kier alpha value is -1.31. The van der Waals surface area contributed by atoms with Crippen molar-refractivity contribution >= 4 is 5.91 Å². The highest BCUT2D eigenvalue weighted by Gasteiger charge is 2.32. The summed E-state index contributed by atoms with van der Waals surface area (Å²) in [5.41, 5.74) is 1.16. The predicted molar refractivity (Wildman–Crippen MR) is 51.8 cm³/mol. The first-order chi connectivity index (χ1) is 6.20. The minimum atomic E-state index is 0.0417. The second-order valence-corrected chi connectivity index (χ2v) is 3.64. The number of carbonyl (C=O) groups is 1. The highest BCUT2D eigenvalue weighted by atomic mass is 16.2. The van der Waals surface area contributed by atoms with Gasteiger partial charge in [0.05, 0.1) is 5.92 Å². The third-order valence-electron chi connectivity index (χ3n) is 2.71. The van der Waals surface area contributed by atoms with Crippen LogP contribution in [-0.4, -0.2) is 17.9 Å². The quantitative estimate of drug-likeness (QED) is 0.549. The fourth-order valence-corrected chi connectivity index (χ4v) is 1.91. The zero-order valence-corrected chi connectivity index (χ0v) is 7.90. The van der Waals surface area contributed by atoms with Crippen LogP contribution in [0.15, 0.2) is 36.1 Å². The van der Waals surface area contributed by atoms with Gasteiger partial charge in [-0.05, 0) is 6.92 Å². The van der Waals surface area contributed by atoms with E-state index in [2.05, 4.69) is 12.2 Å². The summed E-state index contributed by atoms with van der Waals surface area (Å²) in [5.74, 6) is 0.513. The third-order valence-corrected chi connectivity index (χ3v) is 2.71. The summed E-state index contributed by atoms with van der Waals surface area (Å²) in [7, 11) is 1.81. The highest BCUT2D eigenvalue weighted by Crippen LogP contribution is 2.31. The number of rotatable bonds is 0. The minimum Gasteiger partial charge on any atom is -0.322 e. The lowest BCUT2D eigenvalue weighted by molar-refractivity contribution is -0.132. The van der Waals surface area contributed by atoms with E-state index >= 15 is 0 Å². The molecule has 0 N–H and O–H groups in total. The van der Waals surface area contributed by atoms with Gasteiger partial charge in [-0.3, -0.25) is 4.79 Å². The molecule has 0 aromatic rings. The lowest BCUT2D eigenvalue weighted by Gasteiger charge is -2.31. The average molecular weight is 175 g/mol. The third kappa shape index (κ3) is 1.22. The fourth-order valence-electron chi connectivity index (χ4n) is 1.91. The Labute approximate surface area is 78.2 Å². The van der Waals surface area contributed by atoms with Gasteiger partial charge in [-0.25, -0.2) is 0 Å². The van der Waals surface area contributed by atoms with E-state index in [1.54, 1.807) is 11.9 Å². The molecule has 2 aliphatic rings. The Kier molecular flexibility index (Phi) is 1.83. The van der Waals surface area contributed by atoms with Crippen LogP contribution in [0.2, 0.25) is 0 Å². The molecule has 68 valence electrons. The molecule has 0 saturated carbocycles. The molecule has 1 aliphatic heterocycles. The van der Waals surface area contributed by atoms with E-state index in [-0.39, 0.29) is 17.7 Å². The summed E-state index contributed by atoms with van der Waals surface area (Å²) in [4.78, 5) is 13.4. The topological polar surface area (TPSA) is 20.3 Å². The molecule has 0 aromatic carbocycles. The molecule has 2 atom stereocenters. The zero-order valence-electron chi connectivity index (χ0n) is 7.90. The van der Waals surface area contributed by atoms with Gasteiger partial charge in [0, 0.05) is 19.2 Å². The Morgan fingerprint density at radius 2 is 2.15 bits per heavy atom. The number of allylic oxidation sites excluding steroid dienone is 4. The minimum absolute atomic E-state index is 0.0417. The first kappa shape index (κ1) is 8.30. The van der Waals surface area contributed by atoms with Crippen LogP contribution in [0.4, 0.5) is 0 Å². The van der Waals surface area contributed by atoms with Crippen LogP contribution in [0.3, 0.4) is 0 Å². The molecule has 0 radical (unpaired) electrons. The van der Waals surface area contributed by atoms with Crippen molar-refractivity contribution in [3.05, 3.63) is 36.1 Å². The summed E-state index contributed by atoms with van der Waals surface area (Å²) < 4.78 is 0. The van der Waals surface area contributed by atoms with Crippen LogP contribution in [0.5, 0.6) is 0 Å². The molecule has 1 aliphatic carbocycles. The van der Waals surface area contributed by atoms with Crippen LogP contribution < -0.4 is 0 Å². The summed E-state index contributed by atoms with van der Waals surface area (Å²) in [6, 6.07) is 0. The number of hydrogen-bond donors (Lipinski definition) is 0. The first-order valence-corrected chi connectivity index (χ1v) is 4.50. The molecule has 2 nitrogen and oxygen atoms in total. The van der Waals surface area contributed by atoms with E-state index in [0.717, 1.165) is 5.57 Å². The van der Waals surface area contributed by atoms with Crippen LogP contribution in [0.1, 0.15) is 6.92 Å². The smallest absolute Gasteiger partial charge is 0.234 e. The van der Waals surface area contributed by atoms with E-state index in [0.29, 0.717) is 0 Å². The summed E-state index contributed by atoms with van der Waals surface area (Å²) >= 11 is 0. The predicted octanol–water partition coefficient (Wildman–Crippen LogP) is 1.72. The normalized spacial score (nSPS) is 31.7. The number of carbonyl (C=O) groups excluding carboxylic acids is 1. The molecule has 1 amide bonds. The fraction of sp³-hybridized carbons (Fsp3) is 0.364. The molecule has 1 heterocycles. The maximum atomic E-state index is 11.8. The Morgan fingerprint density at radius 3 is 2.92 bits per heavy atom. The first-order valence-electron chi connectivity index (χ1n) is 4.50. The molecule has 2 rings (SSSR count). The van der Waals surface area contributed by atoms with Gasteiger partial charge in [0.25, 0.3) is 0 Å². The lowest BCUT2D eigenvalue weighted by atomic mass is 9.80. The van der Waals surface area contributed by atoms with Gasteiger partial charge in [-0.15, -0.1) is 0 Å². The molecule has 0 bridgehead atoms. The van der Waals surface area contributed by atoms with Crippen molar-refractivity contribution in [2.75, 3.05) is 7.05 Å². The molecule has 0 fully saturated rings. The Balaban J connectivity index is 2.39. The van der Waals surface area contributed by atoms with Gasteiger partial charge >= 0.3 is 0 Å². The van der Waals surface area contributed by atoms with Crippen LogP contribution >= 0.6 is 0 Å². The molecule has 0 spiro atoms. The van der Waals surface area contributed by atoms with Crippen molar-refractivity contribution in [2.45, 2.75) is 6.92 Å². The highest BCUT2D eigenvalue weighted by molar-refractivity contribution is 5.84. The van der Waals surface area contributed by atoms with Gasteiger partial charge in [0.1, 0.15) is 0 Å². The lowest BCUT2D eigenvalue weighted by Crippen LogP contribution is -2.37. The van der Waals surface area contributed by atoms with Crippen LogP contribution in [0.25, 0.3) is 0 Å². The number of nitrogens with zero attached hydrogens (tertiary/aromatic N) is 1. The molecular weight excluding hydrogens is 162 g/mol. The molecule has 13 heavy (non-hydrogen) atoms. The van der Waals surface area contributed by atoms with Crippen molar-refractivity contribution in [2.24, 2.45) is 11.8 Å². The average Bonchev–Trinajstić information content (AvgIpc) is 2.12. The van der Waals surface area contributed by atoms with Crippen molar-refractivity contribution < 1.29 is 4.79 Å². The maximum absolute atomic E-state index is 11.8. The molecule has 0 saturated heterocycles. The number of fused-ring (bicyclic) bond motifs is 1. The Bertz CT molecular complexity index is 325. The second kappa shape index (κ2) is 2.87. The summed E-state index contributed by atoms with van der Waals surface area (Å²) in [5, 5.41) is 0. The van der Waals surface area contributed by atoms with Gasteiger partial charge in [0.2, 0.25) is 5.91 Å². The van der Waals surface area contributed by atoms with Gasteiger partial charge < -0.3 is 4.90 Å². The van der Waals surface area contributed by atoms with Gasteiger partial charge in [0.15, 0.2) is 0 Å². The van der Waals surface area contributed by atoms with E-state index in [1.165, 1.54) is 0 Å². The number of hydrogen-bond acceptors (Lipinski definition) is 1. The number of amides is 1. The molecular formula is C11H13NO. The maximum Gasteiger partial charge on any atom is 0.234 e. The largest absolute Gasteiger partial charge is 0.322 e. The summed E-state index contributed by atoms with van der Waals surface area (Å²) in [6.07, 6.45) is 10.1. The van der Waals surface area contributed by atoms with Gasteiger partial charge in [-0.1, -0.05) is 29.9 Å². The standard InChI is InChI=1S/C11H13NO/c1-8-4-3-5-9-6-7-12(2)11(13)10(8)9/h3-7,9-10H,1-2H3. The zero-order chi connectivity index (χ0) is 9.42. The van der Waals surface area contributed by atoms with Crippen molar-refractivity contribution in [3.8, 4) is 0 Å².